The lowest BCUT2D eigenvalue weighted by atomic mass is 10.1. The molecule has 3 rings (SSSR count). The molecule has 146 valence electrons. The second kappa shape index (κ2) is 9.12. The summed E-state index contributed by atoms with van der Waals surface area (Å²) < 4.78 is 5.76. The summed E-state index contributed by atoms with van der Waals surface area (Å²) in [7, 11) is 3.95. The lowest BCUT2D eigenvalue weighted by Crippen LogP contribution is -2.20. The van der Waals surface area contributed by atoms with Gasteiger partial charge in [0.15, 0.2) is 5.82 Å². The van der Waals surface area contributed by atoms with E-state index in [-0.39, 0.29) is 5.91 Å². The van der Waals surface area contributed by atoms with Gasteiger partial charge in [-0.25, -0.2) is 4.98 Å². The topological polar surface area (TPSA) is 109 Å². The summed E-state index contributed by atoms with van der Waals surface area (Å²) in [5.74, 6) is 1.53. The molecule has 0 fully saturated rings. The zero-order valence-corrected chi connectivity index (χ0v) is 16.0. The maximum absolute atomic E-state index is 12.7. The van der Waals surface area contributed by atoms with Crippen molar-refractivity contribution in [1.29, 1.82) is 0 Å². The summed E-state index contributed by atoms with van der Waals surface area (Å²) in [5, 5.41) is 9.80. The first-order valence-corrected chi connectivity index (χ1v) is 8.96. The Labute approximate surface area is 163 Å². The Bertz CT molecular complexity index is 920. The van der Waals surface area contributed by atoms with Crippen molar-refractivity contribution in [3.63, 3.8) is 0 Å². The number of amides is 1. The van der Waals surface area contributed by atoms with Crippen LogP contribution in [0.15, 0.2) is 48.5 Å². The van der Waals surface area contributed by atoms with Gasteiger partial charge in [-0.3, -0.25) is 9.89 Å². The number of hydrogen-bond donors (Lipinski definition) is 3. The van der Waals surface area contributed by atoms with Crippen LogP contribution in [0.4, 0.5) is 5.69 Å². The molecule has 1 heterocycles. The Hall–Kier alpha value is -3.23. The zero-order valence-electron chi connectivity index (χ0n) is 16.0. The molecule has 0 aliphatic rings. The number of carbonyl (C=O) groups is 1. The van der Waals surface area contributed by atoms with Crippen molar-refractivity contribution in [3.8, 4) is 17.1 Å². The Morgan fingerprint density at radius 3 is 2.61 bits per heavy atom. The maximum atomic E-state index is 12.7. The number of nitrogens with zero attached hydrogens (tertiary/aromatic N) is 3. The molecule has 0 aliphatic heterocycles. The number of carbonyl (C=O) groups excluding carboxylic acids is 1. The van der Waals surface area contributed by atoms with Crippen molar-refractivity contribution in [2.75, 3.05) is 32.6 Å². The lowest BCUT2D eigenvalue weighted by molar-refractivity contribution is 0.102. The highest BCUT2D eigenvalue weighted by atomic mass is 16.5. The van der Waals surface area contributed by atoms with Crippen LogP contribution in [0, 0.1) is 0 Å². The molecular formula is C20H24N6O2. The molecule has 8 nitrogen and oxygen atoms in total. The molecule has 0 radical (unpaired) electrons. The van der Waals surface area contributed by atoms with Gasteiger partial charge in [-0.05, 0) is 50.5 Å². The number of aromatic nitrogens is 3. The van der Waals surface area contributed by atoms with Gasteiger partial charge in [0.05, 0.1) is 12.1 Å². The van der Waals surface area contributed by atoms with Crippen molar-refractivity contribution >= 4 is 11.6 Å². The molecule has 0 spiro atoms. The van der Waals surface area contributed by atoms with Gasteiger partial charge in [0.2, 0.25) is 0 Å². The summed E-state index contributed by atoms with van der Waals surface area (Å²) in [4.78, 5) is 19.0. The number of anilines is 1. The van der Waals surface area contributed by atoms with Crippen LogP contribution in [-0.4, -0.2) is 53.2 Å². The minimum atomic E-state index is -0.225. The number of likely N-dealkylation sites (N-methyl/N-ethyl adjacent to an activating group) is 1. The largest absolute Gasteiger partial charge is 0.491 e. The zero-order chi connectivity index (χ0) is 19.9. The van der Waals surface area contributed by atoms with Crippen LogP contribution < -0.4 is 15.8 Å². The standard InChI is InChI=1S/C20H24N6O2/c1-26(2)11-12-28-17-6-4-3-5-16(17)20(27)22-15-9-7-14(8-10-15)19-23-18(13-21)24-25-19/h3-10H,11-13,21H2,1-2H3,(H,22,27)(H,23,24,25). The first-order chi connectivity index (χ1) is 13.6. The minimum absolute atomic E-state index is 0.225. The molecule has 0 saturated heterocycles. The third-order valence-corrected chi connectivity index (χ3v) is 4.05. The molecule has 0 unspecified atom stereocenters. The quantitative estimate of drug-likeness (QED) is 0.552. The molecule has 1 aromatic heterocycles. The predicted molar refractivity (Wildman–Crippen MR) is 108 cm³/mol. The second-order valence-electron chi connectivity index (χ2n) is 6.49. The van der Waals surface area contributed by atoms with Crippen molar-refractivity contribution in [2.24, 2.45) is 5.73 Å². The van der Waals surface area contributed by atoms with Crippen molar-refractivity contribution in [1.82, 2.24) is 20.1 Å². The normalized spacial score (nSPS) is 10.9. The van der Waals surface area contributed by atoms with Gasteiger partial charge in [0, 0.05) is 17.8 Å². The molecule has 0 aliphatic carbocycles. The van der Waals surface area contributed by atoms with Crippen molar-refractivity contribution in [3.05, 3.63) is 59.9 Å². The molecule has 0 atom stereocenters. The summed E-state index contributed by atoms with van der Waals surface area (Å²) in [6.07, 6.45) is 0. The van der Waals surface area contributed by atoms with E-state index in [1.165, 1.54) is 0 Å². The van der Waals surface area contributed by atoms with Crippen LogP contribution in [0.5, 0.6) is 5.75 Å². The van der Waals surface area contributed by atoms with E-state index in [0.29, 0.717) is 41.8 Å². The second-order valence-corrected chi connectivity index (χ2v) is 6.49. The van der Waals surface area contributed by atoms with Gasteiger partial charge >= 0.3 is 0 Å². The Morgan fingerprint density at radius 2 is 1.93 bits per heavy atom. The summed E-state index contributed by atoms with van der Waals surface area (Å²) >= 11 is 0. The average Bonchev–Trinajstić information content (AvgIpc) is 3.18. The van der Waals surface area contributed by atoms with E-state index in [0.717, 1.165) is 12.1 Å². The van der Waals surface area contributed by atoms with Crippen LogP contribution in [-0.2, 0) is 6.54 Å². The molecule has 1 amide bonds. The maximum Gasteiger partial charge on any atom is 0.259 e. The summed E-state index contributed by atoms with van der Waals surface area (Å²) in [6, 6.07) is 14.5. The Kier molecular flexibility index (Phi) is 6.36. The first kappa shape index (κ1) is 19.5. The van der Waals surface area contributed by atoms with Crippen LogP contribution in [0.2, 0.25) is 0 Å². The Balaban J connectivity index is 1.68. The van der Waals surface area contributed by atoms with E-state index in [9.17, 15) is 4.79 Å². The van der Waals surface area contributed by atoms with E-state index in [2.05, 4.69) is 20.5 Å². The minimum Gasteiger partial charge on any atom is -0.491 e. The summed E-state index contributed by atoms with van der Waals surface area (Å²) in [5.41, 5.74) is 7.54. The number of para-hydroxylation sites is 1. The SMILES string of the molecule is CN(C)CCOc1ccccc1C(=O)Nc1ccc(-c2n[nH]c(CN)n2)cc1. The highest BCUT2D eigenvalue weighted by molar-refractivity contribution is 6.06. The molecule has 0 bridgehead atoms. The molecule has 8 heteroatoms. The lowest BCUT2D eigenvalue weighted by Gasteiger charge is -2.14. The van der Waals surface area contributed by atoms with Gasteiger partial charge < -0.3 is 20.7 Å². The van der Waals surface area contributed by atoms with Crippen LogP contribution in [0.1, 0.15) is 16.2 Å². The van der Waals surface area contributed by atoms with E-state index < -0.39 is 0 Å². The number of rotatable bonds is 8. The van der Waals surface area contributed by atoms with E-state index >= 15 is 0 Å². The first-order valence-electron chi connectivity index (χ1n) is 8.96. The fourth-order valence-corrected chi connectivity index (χ4v) is 2.54. The number of ether oxygens (including phenoxy) is 1. The average molecular weight is 380 g/mol. The monoisotopic (exact) mass is 380 g/mol. The van der Waals surface area contributed by atoms with Gasteiger partial charge in [-0.1, -0.05) is 12.1 Å². The van der Waals surface area contributed by atoms with E-state index in [1.54, 1.807) is 24.3 Å². The molecule has 4 N–H and O–H groups in total. The van der Waals surface area contributed by atoms with E-state index in [1.807, 2.05) is 43.3 Å². The molecule has 2 aromatic carbocycles. The van der Waals surface area contributed by atoms with Crippen LogP contribution in [0.3, 0.4) is 0 Å². The fourth-order valence-electron chi connectivity index (χ4n) is 2.54. The van der Waals surface area contributed by atoms with Gasteiger partial charge in [-0.2, -0.15) is 5.10 Å². The van der Waals surface area contributed by atoms with Gasteiger partial charge in [-0.15, -0.1) is 0 Å². The third-order valence-electron chi connectivity index (χ3n) is 4.05. The smallest absolute Gasteiger partial charge is 0.259 e. The summed E-state index contributed by atoms with van der Waals surface area (Å²) in [6.45, 7) is 1.58. The van der Waals surface area contributed by atoms with E-state index in [4.69, 9.17) is 10.5 Å². The number of hydrogen-bond acceptors (Lipinski definition) is 6. The van der Waals surface area contributed by atoms with Crippen LogP contribution >= 0.6 is 0 Å². The van der Waals surface area contributed by atoms with Crippen molar-refractivity contribution in [2.45, 2.75) is 6.54 Å². The van der Waals surface area contributed by atoms with Gasteiger partial charge in [0.25, 0.3) is 5.91 Å². The Morgan fingerprint density at radius 1 is 1.18 bits per heavy atom. The molecule has 0 saturated carbocycles. The number of aromatic amines is 1. The van der Waals surface area contributed by atoms with Crippen molar-refractivity contribution < 1.29 is 9.53 Å². The molecular weight excluding hydrogens is 356 g/mol. The molecule has 3 aromatic rings. The predicted octanol–water partition coefficient (Wildman–Crippen LogP) is 2.12. The highest BCUT2D eigenvalue weighted by Crippen LogP contribution is 2.22. The number of benzene rings is 2. The molecule has 28 heavy (non-hydrogen) atoms. The third kappa shape index (κ3) is 4.93. The van der Waals surface area contributed by atoms with Gasteiger partial charge in [0.1, 0.15) is 18.2 Å². The fraction of sp³-hybridized carbons (Fsp3) is 0.250. The number of H-pyrrole nitrogens is 1. The van der Waals surface area contributed by atoms with Crippen LogP contribution in [0.25, 0.3) is 11.4 Å². The number of nitrogens with one attached hydrogen (secondary N) is 2. The highest BCUT2D eigenvalue weighted by Gasteiger charge is 2.13. The number of nitrogens with two attached hydrogens (primary N) is 1.